The van der Waals surface area contributed by atoms with Gasteiger partial charge in [-0.3, -0.25) is 9.36 Å². The first-order valence-electron chi connectivity index (χ1n) is 6.88. The zero-order chi connectivity index (χ0) is 15.9. The fourth-order valence-electron chi connectivity index (χ4n) is 1.95. The molecule has 3 aromatic heterocycles. The lowest BCUT2D eigenvalue weighted by Crippen LogP contribution is -2.18. The Morgan fingerprint density at radius 1 is 1.27 bits per heavy atom. The number of hydrogen-bond acceptors (Lipinski definition) is 6. The van der Waals surface area contributed by atoms with Gasteiger partial charge in [-0.1, -0.05) is 32.5 Å². The van der Waals surface area contributed by atoms with Gasteiger partial charge in [-0.15, -0.1) is 22.7 Å². The Hall–Kier alpha value is -1.18. The van der Waals surface area contributed by atoms with Crippen molar-refractivity contribution in [3.05, 3.63) is 37.9 Å². The molecule has 0 aromatic carbocycles. The predicted octanol–water partition coefficient (Wildman–Crippen LogP) is 4.04. The van der Waals surface area contributed by atoms with E-state index in [1.807, 2.05) is 11.4 Å². The lowest BCUT2D eigenvalue weighted by Gasteiger charge is -2.13. The first kappa shape index (κ1) is 15.7. The maximum Gasteiger partial charge on any atom is 0.271 e. The van der Waals surface area contributed by atoms with Gasteiger partial charge < -0.3 is 0 Å². The summed E-state index contributed by atoms with van der Waals surface area (Å²) in [6.45, 7) is 6.50. The van der Waals surface area contributed by atoms with Gasteiger partial charge in [-0.2, -0.15) is 0 Å². The Balaban J connectivity index is 1.83. The molecular formula is C15H17N3OS3. The molecule has 3 aromatic rings. The van der Waals surface area contributed by atoms with Gasteiger partial charge in [-0.05, 0) is 11.4 Å². The lowest BCUT2D eigenvalue weighted by molar-refractivity contribution is 0.584. The summed E-state index contributed by atoms with van der Waals surface area (Å²) in [5.74, 6) is 0.725. The molecule has 116 valence electrons. The molecule has 0 saturated heterocycles. The highest BCUT2D eigenvalue weighted by molar-refractivity contribution is 7.98. The topological polar surface area (TPSA) is 47.8 Å². The Morgan fingerprint density at radius 2 is 2.05 bits per heavy atom. The molecule has 0 radical (unpaired) electrons. The molecule has 0 spiro atoms. The fraction of sp³-hybridized carbons (Fsp3) is 0.400. The molecule has 0 bridgehead atoms. The van der Waals surface area contributed by atoms with Gasteiger partial charge in [0.2, 0.25) is 0 Å². The van der Waals surface area contributed by atoms with Gasteiger partial charge in [-0.25, -0.2) is 9.97 Å². The normalized spacial score (nSPS) is 12.2. The van der Waals surface area contributed by atoms with Crippen LogP contribution in [0.15, 0.2) is 26.8 Å². The van der Waals surface area contributed by atoms with Gasteiger partial charge in [0.05, 0.1) is 16.2 Å². The number of thiophene rings is 1. The van der Waals surface area contributed by atoms with E-state index >= 15 is 0 Å². The van der Waals surface area contributed by atoms with E-state index in [9.17, 15) is 4.79 Å². The summed E-state index contributed by atoms with van der Waals surface area (Å²) in [6.07, 6.45) is 0. The lowest BCUT2D eigenvalue weighted by atomic mass is 9.98. The van der Waals surface area contributed by atoms with Gasteiger partial charge in [0.15, 0.2) is 5.16 Å². The van der Waals surface area contributed by atoms with Crippen molar-refractivity contribution >= 4 is 44.7 Å². The third-order valence-corrected chi connectivity index (χ3v) is 6.46. The Labute approximate surface area is 141 Å². The van der Waals surface area contributed by atoms with Crippen LogP contribution >= 0.6 is 34.4 Å². The quantitative estimate of drug-likeness (QED) is 0.528. The van der Waals surface area contributed by atoms with Gasteiger partial charge >= 0.3 is 0 Å². The van der Waals surface area contributed by atoms with Crippen LogP contribution in [0.4, 0.5) is 0 Å². The average Bonchev–Trinajstić information content (AvgIpc) is 3.09. The Morgan fingerprint density at radius 3 is 2.73 bits per heavy atom. The first-order chi connectivity index (χ1) is 10.4. The van der Waals surface area contributed by atoms with Crippen molar-refractivity contribution in [1.29, 1.82) is 0 Å². The van der Waals surface area contributed by atoms with Crippen LogP contribution in [-0.2, 0) is 18.2 Å². The third-order valence-electron chi connectivity index (χ3n) is 3.19. The number of rotatable bonds is 3. The number of thioether (sulfide) groups is 1. The summed E-state index contributed by atoms with van der Waals surface area (Å²) < 4.78 is 2.34. The van der Waals surface area contributed by atoms with E-state index in [-0.39, 0.29) is 11.0 Å². The van der Waals surface area contributed by atoms with Crippen molar-refractivity contribution in [3.63, 3.8) is 0 Å². The van der Waals surface area contributed by atoms with Crippen molar-refractivity contribution in [1.82, 2.24) is 14.5 Å². The van der Waals surface area contributed by atoms with E-state index < -0.39 is 0 Å². The van der Waals surface area contributed by atoms with Crippen LogP contribution < -0.4 is 5.56 Å². The van der Waals surface area contributed by atoms with E-state index in [0.29, 0.717) is 0 Å². The van der Waals surface area contributed by atoms with Crippen LogP contribution in [0.1, 0.15) is 31.5 Å². The van der Waals surface area contributed by atoms with E-state index in [1.165, 1.54) is 11.3 Å². The van der Waals surface area contributed by atoms with Crippen LogP contribution in [0, 0.1) is 0 Å². The van der Waals surface area contributed by atoms with E-state index in [2.05, 4.69) is 36.1 Å². The standard InChI is InChI=1S/C15H17N3OS3/c1-15(2,3)13-16-9(7-21-13)8-22-14-17-10-5-6-20-11(10)12(19)18(14)4/h5-7H,8H2,1-4H3. The minimum Gasteiger partial charge on any atom is -0.290 e. The molecule has 0 aliphatic heterocycles. The van der Waals surface area contributed by atoms with Crippen molar-refractivity contribution < 1.29 is 0 Å². The van der Waals surface area contributed by atoms with Gasteiger partial charge in [0.1, 0.15) is 4.70 Å². The van der Waals surface area contributed by atoms with Crippen molar-refractivity contribution in [3.8, 4) is 0 Å². The molecule has 3 heterocycles. The van der Waals surface area contributed by atoms with Crippen LogP contribution in [0.3, 0.4) is 0 Å². The van der Waals surface area contributed by atoms with Crippen LogP contribution in [0.25, 0.3) is 10.2 Å². The van der Waals surface area contributed by atoms with Crippen LogP contribution in [0.2, 0.25) is 0 Å². The van der Waals surface area contributed by atoms with E-state index in [0.717, 1.165) is 31.8 Å². The second-order valence-corrected chi connectivity index (χ2v) is 8.79. The molecule has 0 saturated carbocycles. The number of fused-ring (bicyclic) bond motifs is 1. The SMILES string of the molecule is Cn1c(SCc2csc(C(C)(C)C)n2)nc2ccsc2c1=O. The molecule has 0 aliphatic rings. The summed E-state index contributed by atoms with van der Waals surface area (Å²) in [6, 6.07) is 1.89. The molecule has 0 amide bonds. The molecule has 3 rings (SSSR count). The van der Waals surface area contributed by atoms with Crippen LogP contribution in [-0.4, -0.2) is 14.5 Å². The van der Waals surface area contributed by atoms with Gasteiger partial charge in [0.25, 0.3) is 5.56 Å². The summed E-state index contributed by atoms with van der Waals surface area (Å²) in [5.41, 5.74) is 1.92. The minimum atomic E-state index is 0.0242. The molecule has 0 atom stereocenters. The summed E-state index contributed by atoms with van der Waals surface area (Å²) >= 11 is 4.69. The van der Waals surface area contributed by atoms with E-state index in [4.69, 9.17) is 0 Å². The molecule has 0 N–H and O–H groups in total. The van der Waals surface area contributed by atoms with E-state index in [1.54, 1.807) is 34.7 Å². The Bertz CT molecular complexity index is 870. The maximum atomic E-state index is 12.3. The highest BCUT2D eigenvalue weighted by Gasteiger charge is 2.18. The van der Waals surface area contributed by atoms with Crippen molar-refractivity contribution in [2.75, 3.05) is 0 Å². The monoisotopic (exact) mass is 351 g/mol. The molecule has 0 unspecified atom stereocenters. The highest BCUT2D eigenvalue weighted by Crippen LogP contribution is 2.28. The molecule has 0 fully saturated rings. The first-order valence-corrected chi connectivity index (χ1v) is 9.62. The summed E-state index contributed by atoms with van der Waals surface area (Å²) in [7, 11) is 1.78. The maximum absolute atomic E-state index is 12.3. The summed E-state index contributed by atoms with van der Waals surface area (Å²) in [5, 5.41) is 5.87. The smallest absolute Gasteiger partial charge is 0.271 e. The average molecular weight is 352 g/mol. The Kier molecular flexibility index (Phi) is 4.13. The largest absolute Gasteiger partial charge is 0.290 e. The van der Waals surface area contributed by atoms with Crippen LogP contribution in [0.5, 0.6) is 0 Å². The second-order valence-electron chi connectivity index (χ2n) is 6.08. The van der Waals surface area contributed by atoms with Crippen molar-refractivity contribution in [2.45, 2.75) is 37.1 Å². The third kappa shape index (κ3) is 2.98. The fourth-order valence-corrected chi connectivity index (χ4v) is 4.64. The number of nitrogens with zero attached hydrogens (tertiary/aromatic N) is 3. The zero-order valence-corrected chi connectivity index (χ0v) is 15.4. The summed E-state index contributed by atoms with van der Waals surface area (Å²) in [4.78, 5) is 21.5. The molecule has 7 heteroatoms. The highest BCUT2D eigenvalue weighted by atomic mass is 32.2. The minimum absolute atomic E-state index is 0.0242. The van der Waals surface area contributed by atoms with Crippen molar-refractivity contribution in [2.24, 2.45) is 7.05 Å². The van der Waals surface area contributed by atoms with Gasteiger partial charge in [0, 0.05) is 23.6 Å². The molecule has 22 heavy (non-hydrogen) atoms. The second kappa shape index (κ2) is 5.79. The zero-order valence-electron chi connectivity index (χ0n) is 12.9. The molecule has 4 nitrogen and oxygen atoms in total. The number of thiazole rings is 1. The number of hydrogen-bond donors (Lipinski definition) is 0. The molecule has 0 aliphatic carbocycles. The molecular weight excluding hydrogens is 334 g/mol. The predicted molar refractivity (Wildman–Crippen MR) is 95.2 cm³/mol. The number of aromatic nitrogens is 3.